The molecule has 2 unspecified atom stereocenters. The topological polar surface area (TPSA) is 72.7 Å². The minimum Gasteiger partial charge on any atom is -0.355 e. The number of aromatic nitrogens is 4. The summed E-state index contributed by atoms with van der Waals surface area (Å²) in [5.74, 6) is 0.228. The van der Waals surface area contributed by atoms with Crippen LogP contribution in [0.1, 0.15) is 30.9 Å². The number of nitrogens with one attached hydrogen (secondary N) is 1. The second-order valence-corrected chi connectivity index (χ2v) is 7.83. The maximum atomic E-state index is 12.5. The molecule has 0 aliphatic heterocycles. The van der Waals surface area contributed by atoms with Gasteiger partial charge in [0.05, 0.1) is 10.9 Å². The maximum absolute atomic E-state index is 12.5. The molecule has 140 valence electrons. The molecule has 2 atom stereocenters. The highest BCUT2D eigenvalue weighted by molar-refractivity contribution is 8.00. The van der Waals surface area contributed by atoms with E-state index in [1.54, 1.807) is 4.68 Å². The molecule has 0 saturated carbocycles. The third-order valence-electron chi connectivity index (χ3n) is 4.32. The van der Waals surface area contributed by atoms with E-state index in [2.05, 4.69) is 39.9 Å². The van der Waals surface area contributed by atoms with Gasteiger partial charge in [0, 0.05) is 6.54 Å². The van der Waals surface area contributed by atoms with Gasteiger partial charge in [0.1, 0.15) is 0 Å². The summed E-state index contributed by atoms with van der Waals surface area (Å²) in [5, 5.41) is 15.2. The number of rotatable bonds is 7. The van der Waals surface area contributed by atoms with Crippen molar-refractivity contribution < 1.29 is 4.79 Å². The van der Waals surface area contributed by atoms with Crippen molar-refractivity contribution in [1.29, 1.82) is 0 Å². The summed E-state index contributed by atoms with van der Waals surface area (Å²) in [6, 6.07) is 18.1. The molecular weight excluding hydrogens is 358 g/mol. The molecule has 1 amide bonds. The molecule has 7 heteroatoms. The SMILES string of the molecule is Cc1ccc(-n2nnnc2SC(C)C(=O)NCC(C)c2ccccc2)cc1. The summed E-state index contributed by atoms with van der Waals surface area (Å²) in [7, 11) is 0. The molecule has 3 aromatic rings. The highest BCUT2D eigenvalue weighted by atomic mass is 32.2. The van der Waals surface area contributed by atoms with E-state index in [0.29, 0.717) is 11.7 Å². The fourth-order valence-corrected chi connectivity index (χ4v) is 3.44. The van der Waals surface area contributed by atoms with Gasteiger partial charge in [0.2, 0.25) is 11.1 Å². The third kappa shape index (κ3) is 4.95. The van der Waals surface area contributed by atoms with Gasteiger partial charge < -0.3 is 5.32 Å². The van der Waals surface area contributed by atoms with E-state index in [1.165, 1.54) is 22.9 Å². The lowest BCUT2D eigenvalue weighted by molar-refractivity contribution is -0.120. The molecule has 1 heterocycles. The van der Waals surface area contributed by atoms with E-state index in [-0.39, 0.29) is 17.1 Å². The van der Waals surface area contributed by atoms with E-state index in [1.807, 2.05) is 56.3 Å². The van der Waals surface area contributed by atoms with Crippen molar-refractivity contribution in [2.45, 2.75) is 37.1 Å². The molecule has 0 aliphatic carbocycles. The molecule has 0 bridgehead atoms. The molecule has 0 fully saturated rings. The van der Waals surface area contributed by atoms with Crippen molar-refractivity contribution in [2.75, 3.05) is 6.54 Å². The van der Waals surface area contributed by atoms with Crippen LogP contribution < -0.4 is 5.32 Å². The van der Waals surface area contributed by atoms with Gasteiger partial charge in [-0.05, 0) is 47.9 Å². The van der Waals surface area contributed by atoms with Crippen molar-refractivity contribution >= 4 is 17.7 Å². The standard InChI is InChI=1S/C20H23N5OS/c1-14-9-11-18(12-10-14)25-20(22-23-24-25)27-16(3)19(26)21-13-15(2)17-7-5-4-6-8-17/h4-12,15-16H,13H2,1-3H3,(H,21,26). The van der Waals surface area contributed by atoms with Crippen molar-refractivity contribution in [3.8, 4) is 5.69 Å². The van der Waals surface area contributed by atoms with Gasteiger partial charge in [-0.3, -0.25) is 4.79 Å². The lowest BCUT2D eigenvalue weighted by Gasteiger charge is -2.15. The Bertz CT molecular complexity index is 879. The second kappa shape index (κ2) is 8.81. The predicted molar refractivity (Wildman–Crippen MR) is 107 cm³/mol. The van der Waals surface area contributed by atoms with E-state index in [9.17, 15) is 4.79 Å². The zero-order valence-corrected chi connectivity index (χ0v) is 16.5. The molecule has 3 rings (SSSR count). The first-order valence-electron chi connectivity index (χ1n) is 8.89. The van der Waals surface area contributed by atoms with Gasteiger partial charge in [0.15, 0.2) is 0 Å². The molecule has 27 heavy (non-hydrogen) atoms. The van der Waals surface area contributed by atoms with Gasteiger partial charge >= 0.3 is 0 Å². The molecule has 0 aliphatic rings. The average Bonchev–Trinajstić information content (AvgIpc) is 3.15. The van der Waals surface area contributed by atoms with Crippen LogP contribution >= 0.6 is 11.8 Å². The Labute approximate surface area is 163 Å². The molecule has 0 radical (unpaired) electrons. The lowest BCUT2D eigenvalue weighted by Crippen LogP contribution is -2.33. The maximum Gasteiger partial charge on any atom is 0.233 e. The third-order valence-corrected chi connectivity index (χ3v) is 5.35. The monoisotopic (exact) mass is 381 g/mol. The van der Waals surface area contributed by atoms with E-state index in [0.717, 1.165) is 5.69 Å². The minimum absolute atomic E-state index is 0.0266. The quantitative estimate of drug-likeness (QED) is 0.635. The number of aryl methyl sites for hydroxylation is 1. The largest absolute Gasteiger partial charge is 0.355 e. The smallest absolute Gasteiger partial charge is 0.233 e. The van der Waals surface area contributed by atoms with Crippen LogP contribution in [0.3, 0.4) is 0 Å². The van der Waals surface area contributed by atoms with Crippen molar-refractivity contribution in [1.82, 2.24) is 25.5 Å². The van der Waals surface area contributed by atoms with E-state index >= 15 is 0 Å². The zero-order chi connectivity index (χ0) is 19.2. The normalized spacial score (nSPS) is 13.1. The van der Waals surface area contributed by atoms with E-state index < -0.39 is 0 Å². The highest BCUT2D eigenvalue weighted by Gasteiger charge is 2.19. The molecule has 2 aromatic carbocycles. The van der Waals surface area contributed by atoms with Crippen molar-refractivity contribution in [3.05, 3.63) is 65.7 Å². The van der Waals surface area contributed by atoms with Crippen LogP contribution in [0.4, 0.5) is 0 Å². The first kappa shape index (κ1) is 19.1. The highest BCUT2D eigenvalue weighted by Crippen LogP contribution is 2.23. The summed E-state index contributed by atoms with van der Waals surface area (Å²) >= 11 is 1.35. The minimum atomic E-state index is -0.303. The van der Waals surface area contributed by atoms with Crippen LogP contribution in [-0.4, -0.2) is 37.9 Å². The van der Waals surface area contributed by atoms with Gasteiger partial charge in [-0.25, -0.2) is 0 Å². The Balaban J connectivity index is 1.59. The van der Waals surface area contributed by atoms with Crippen molar-refractivity contribution in [3.63, 3.8) is 0 Å². The fourth-order valence-electron chi connectivity index (χ4n) is 2.61. The summed E-state index contributed by atoms with van der Waals surface area (Å²) < 4.78 is 1.65. The van der Waals surface area contributed by atoms with Gasteiger partial charge in [-0.2, -0.15) is 4.68 Å². The first-order chi connectivity index (χ1) is 13.0. The van der Waals surface area contributed by atoms with E-state index in [4.69, 9.17) is 0 Å². The molecule has 1 N–H and O–H groups in total. The van der Waals surface area contributed by atoms with Crippen molar-refractivity contribution in [2.24, 2.45) is 0 Å². The summed E-state index contributed by atoms with van der Waals surface area (Å²) in [6.45, 7) is 6.59. The Morgan fingerprint density at radius 3 is 2.52 bits per heavy atom. The van der Waals surface area contributed by atoms with Crippen LogP contribution in [0.15, 0.2) is 59.8 Å². The lowest BCUT2D eigenvalue weighted by atomic mass is 10.0. The Hall–Kier alpha value is -2.67. The Kier molecular flexibility index (Phi) is 6.24. The molecule has 6 nitrogen and oxygen atoms in total. The summed E-state index contributed by atoms with van der Waals surface area (Å²) in [5.41, 5.74) is 3.25. The second-order valence-electron chi connectivity index (χ2n) is 6.53. The predicted octanol–water partition coefficient (Wildman–Crippen LogP) is 3.37. The van der Waals surface area contributed by atoms with Gasteiger partial charge in [0.25, 0.3) is 0 Å². The Morgan fingerprint density at radius 1 is 1.11 bits per heavy atom. The number of amides is 1. The van der Waals surface area contributed by atoms with Crippen LogP contribution in [-0.2, 0) is 4.79 Å². The molecule has 0 saturated heterocycles. The van der Waals surface area contributed by atoms with Crippen LogP contribution in [0, 0.1) is 6.92 Å². The Morgan fingerprint density at radius 2 is 1.81 bits per heavy atom. The average molecular weight is 382 g/mol. The summed E-state index contributed by atoms with van der Waals surface area (Å²) in [4.78, 5) is 12.5. The first-order valence-corrected chi connectivity index (χ1v) is 9.77. The molecular formula is C20H23N5OS. The molecule has 0 spiro atoms. The number of carbonyl (C=O) groups is 1. The number of hydrogen-bond donors (Lipinski definition) is 1. The van der Waals surface area contributed by atoms with Crippen LogP contribution in [0.25, 0.3) is 5.69 Å². The number of carbonyl (C=O) groups excluding carboxylic acids is 1. The number of benzene rings is 2. The summed E-state index contributed by atoms with van der Waals surface area (Å²) in [6.07, 6.45) is 0. The number of hydrogen-bond acceptors (Lipinski definition) is 5. The number of nitrogens with zero attached hydrogens (tertiary/aromatic N) is 4. The number of thioether (sulfide) groups is 1. The fraction of sp³-hybridized carbons (Fsp3) is 0.300. The van der Waals surface area contributed by atoms with Gasteiger partial charge in [-0.1, -0.05) is 66.7 Å². The van der Waals surface area contributed by atoms with Crippen LogP contribution in [0.5, 0.6) is 0 Å². The van der Waals surface area contributed by atoms with Crippen LogP contribution in [0.2, 0.25) is 0 Å². The zero-order valence-electron chi connectivity index (χ0n) is 15.7. The van der Waals surface area contributed by atoms with Gasteiger partial charge in [-0.15, -0.1) is 5.10 Å². The molecule has 1 aromatic heterocycles. The number of tetrazole rings is 1.